The fraction of sp³-hybridized carbons (Fsp3) is 0.235. The molecule has 1 amide bonds. The average molecular weight is 364 g/mol. The first-order chi connectivity index (χ1) is 11.9. The van der Waals surface area contributed by atoms with Crippen LogP contribution in [-0.4, -0.2) is 35.1 Å². The number of hydrogen-bond acceptors (Lipinski definition) is 5. The first-order valence-electron chi connectivity index (χ1n) is 7.44. The Morgan fingerprint density at radius 1 is 1.04 bits per heavy atom. The number of carbonyl (C=O) groups is 1. The Balaban J connectivity index is 2.04. The van der Waals surface area contributed by atoms with Crippen molar-refractivity contribution in [2.24, 2.45) is 0 Å². The minimum Gasteiger partial charge on any atom is -0.497 e. The molecule has 0 bridgehead atoms. The van der Waals surface area contributed by atoms with Gasteiger partial charge in [0.1, 0.15) is 11.5 Å². The smallest absolute Gasteiger partial charge is 0.241 e. The molecular formula is C17H20N2O5S. The molecule has 2 rings (SSSR count). The predicted molar refractivity (Wildman–Crippen MR) is 94.5 cm³/mol. The van der Waals surface area contributed by atoms with Crippen LogP contribution in [0.1, 0.15) is 5.56 Å². The van der Waals surface area contributed by atoms with Crippen LogP contribution < -0.4 is 19.5 Å². The van der Waals surface area contributed by atoms with Crippen molar-refractivity contribution < 1.29 is 22.7 Å². The molecule has 0 spiro atoms. The normalized spacial score (nSPS) is 11.0. The van der Waals surface area contributed by atoms with Gasteiger partial charge in [-0.15, -0.1) is 0 Å². The Labute approximate surface area is 147 Å². The number of benzene rings is 2. The van der Waals surface area contributed by atoms with Crippen LogP contribution in [0.5, 0.6) is 11.5 Å². The Hall–Kier alpha value is -2.58. The second-order valence-corrected chi connectivity index (χ2v) is 7.02. The van der Waals surface area contributed by atoms with E-state index in [-0.39, 0.29) is 4.90 Å². The van der Waals surface area contributed by atoms with Gasteiger partial charge in [0.25, 0.3) is 0 Å². The molecule has 0 atom stereocenters. The Morgan fingerprint density at radius 2 is 1.72 bits per heavy atom. The van der Waals surface area contributed by atoms with E-state index in [9.17, 15) is 13.2 Å². The van der Waals surface area contributed by atoms with E-state index < -0.39 is 22.5 Å². The van der Waals surface area contributed by atoms with E-state index in [0.29, 0.717) is 17.2 Å². The number of methoxy groups -OCH3 is 2. The van der Waals surface area contributed by atoms with E-state index in [1.807, 2.05) is 6.92 Å². The van der Waals surface area contributed by atoms with Gasteiger partial charge in [0.05, 0.1) is 31.3 Å². The van der Waals surface area contributed by atoms with Gasteiger partial charge >= 0.3 is 0 Å². The Kier molecular flexibility index (Phi) is 6.00. The maximum absolute atomic E-state index is 12.2. The van der Waals surface area contributed by atoms with Gasteiger partial charge in [-0.05, 0) is 31.2 Å². The maximum atomic E-state index is 12.2. The van der Waals surface area contributed by atoms with E-state index in [2.05, 4.69) is 10.0 Å². The molecule has 0 unspecified atom stereocenters. The molecule has 0 aliphatic rings. The molecule has 2 aromatic carbocycles. The van der Waals surface area contributed by atoms with Crippen LogP contribution in [0, 0.1) is 6.92 Å². The summed E-state index contributed by atoms with van der Waals surface area (Å²) < 4.78 is 36.9. The number of rotatable bonds is 7. The highest BCUT2D eigenvalue weighted by Gasteiger charge is 2.16. The lowest BCUT2D eigenvalue weighted by Gasteiger charge is -2.12. The summed E-state index contributed by atoms with van der Waals surface area (Å²) in [6.45, 7) is 1.45. The third-order valence-corrected chi connectivity index (χ3v) is 4.85. The molecule has 0 fully saturated rings. The number of nitrogens with one attached hydrogen (secondary N) is 2. The van der Waals surface area contributed by atoms with Gasteiger partial charge < -0.3 is 14.8 Å². The van der Waals surface area contributed by atoms with Gasteiger partial charge in [-0.1, -0.05) is 17.7 Å². The number of sulfonamides is 1. The monoisotopic (exact) mass is 364 g/mol. The van der Waals surface area contributed by atoms with Crippen LogP contribution in [0.25, 0.3) is 0 Å². The third-order valence-electron chi connectivity index (χ3n) is 3.43. The molecule has 25 heavy (non-hydrogen) atoms. The largest absolute Gasteiger partial charge is 0.497 e. The minimum atomic E-state index is -3.76. The number of anilines is 1. The maximum Gasteiger partial charge on any atom is 0.241 e. The number of hydrogen-bond donors (Lipinski definition) is 2. The first kappa shape index (κ1) is 18.8. The highest BCUT2D eigenvalue weighted by molar-refractivity contribution is 7.89. The van der Waals surface area contributed by atoms with Crippen LogP contribution >= 0.6 is 0 Å². The van der Waals surface area contributed by atoms with E-state index in [4.69, 9.17) is 9.47 Å². The van der Waals surface area contributed by atoms with Crippen molar-refractivity contribution in [3.8, 4) is 11.5 Å². The van der Waals surface area contributed by atoms with Crippen LogP contribution in [0.15, 0.2) is 47.4 Å². The van der Waals surface area contributed by atoms with Crippen molar-refractivity contribution >= 4 is 21.6 Å². The predicted octanol–water partition coefficient (Wildman–Crippen LogP) is 1.93. The molecule has 0 aliphatic heterocycles. The molecular weight excluding hydrogens is 344 g/mol. The summed E-state index contributed by atoms with van der Waals surface area (Å²) in [5.74, 6) is 0.453. The van der Waals surface area contributed by atoms with Crippen molar-refractivity contribution in [1.82, 2.24) is 4.72 Å². The van der Waals surface area contributed by atoms with Gasteiger partial charge in [-0.2, -0.15) is 0 Å². The average Bonchev–Trinajstić information content (AvgIpc) is 2.60. The van der Waals surface area contributed by atoms with E-state index >= 15 is 0 Å². The summed E-state index contributed by atoms with van der Waals surface area (Å²) >= 11 is 0. The van der Waals surface area contributed by atoms with E-state index in [0.717, 1.165) is 5.56 Å². The van der Waals surface area contributed by atoms with Gasteiger partial charge in [-0.25, -0.2) is 13.1 Å². The number of ether oxygens (including phenoxy) is 2. The van der Waals surface area contributed by atoms with Crippen LogP contribution in [0.4, 0.5) is 5.69 Å². The molecule has 8 heteroatoms. The van der Waals surface area contributed by atoms with Crippen molar-refractivity contribution in [1.29, 1.82) is 0 Å². The molecule has 7 nitrogen and oxygen atoms in total. The minimum absolute atomic E-state index is 0.102. The van der Waals surface area contributed by atoms with Crippen molar-refractivity contribution in [2.45, 2.75) is 11.8 Å². The van der Waals surface area contributed by atoms with Gasteiger partial charge in [0.15, 0.2) is 0 Å². The van der Waals surface area contributed by atoms with Gasteiger partial charge in [0.2, 0.25) is 15.9 Å². The van der Waals surface area contributed by atoms with Crippen molar-refractivity contribution in [3.05, 3.63) is 48.0 Å². The van der Waals surface area contributed by atoms with Crippen LogP contribution in [-0.2, 0) is 14.8 Å². The highest BCUT2D eigenvalue weighted by Crippen LogP contribution is 2.28. The second kappa shape index (κ2) is 8.00. The van der Waals surface area contributed by atoms with Gasteiger partial charge in [0, 0.05) is 6.07 Å². The lowest BCUT2D eigenvalue weighted by atomic mass is 10.2. The Morgan fingerprint density at radius 3 is 2.32 bits per heavy atom. The van der Waals surface area contributed by atoms with E-state index in [1.165, 1.54) is 26.4 Å². The zero-order valence-electron chi connectivity index (χ0n) is 14.2. The zero-order chi connectivity index (χ0) is 18.4. The van der Waals surface area contributed by atoms with Crippen molar-refractivity contribution in [2.75, 3.05) is 26.1 Å². The van der Waals surface area contributed by atoms with Crippen LogP contribution in [0.3, 0.4) is 0 Å². The highest BCUT2D eigenvalue weighted by atomic mass is 32.2. The molecule has 0 saturated heterocycles. The molecule has 2 N–H and O–H groups in total. The topological polar surface area (TPSA) is 93.7 Å². The summed E-state index contributed by atoms with van der Waals surface area (Å²) in [7, 11) is -0.787. The summed E-state index contributed by atoms with van der Waals surface area (Å²) in [6, 6.07) is 11.3. The summed E-state index contributed by atoms with van der Waals surface area (Å²) in [4.78, 5) is 12.2. The first-order valence-corrected chi connectivity index (χ1v) is 8.92. The summed E-state index contributed by atoms with van der Waals surface area (Å²) in [5, 5.41) is 2.60. The molecule has 0 saturated carbocycles. The fourth-order valence-corrected chi connectivity index (χ4v) is 3.05. The van der Waals surface area contributed by atoms with Crippen LogP contribution in [0.2, 0.25) is 0 Å². The molecule has 0 radical (unpaired) electrons. The molecule has 0 aliphatic carbocycles. The SMILES string of the molecule is COc1ccc(OC)c(NC(=O)CNS(=O)(=O)c2ccc(C)cc2)c1. The summed E-state index contributed by atoms with van der Waals surface area (Å²) in [6.07, 6.45) is 0. The summed E-state index contributed by atoms with van der Waals surface area (Å²) in [5.41, 5.74) is 1.34. The van der Waals surface area contributed by atoms with Crippen molar-refractivity contribution in [3.63, 3.8) is 0 Å². The molecule has 2 aromatic rings. The Bertz CT molecular complexity index is 848. The number of amides is 1. The number of aryl methyl sites for hydroxylation is 1. The molecule has 0 aromatic heterocycles. The molecule has 134 valence electrons. The number of carbonyl (C=O) groups excluding carboxylic acids is 1. The second-order valence-electron chi connectivity index (χ2n) is 5.25. The third kappa shape index (κ3) is 4.94. The molecule has 0 heterocycles. The fourth-order valence-electron chi connectivity index (χ4n) is 2.07. The lowest BCUT2D eigenvalue weighted by molar-refractivity contribution is -0.115. The van der Waals surface area contributed by atoms with E-state index in [1.54, 1.807) is 30.3 Å². The standard InChI is InChI=1S/C17H20N2O5S/c1-12-4-7-14(8-5-12)25(21,22)18-11-17(20)19-15-10-13(23-2)6-9-16(15)24-3/h4-10,18H,11H2,1-3H3,(H,19,20). The zero-order valence-corrected chi connectivity index (χ0v) is 15.0. The quantitative estimate of drug-likeness (QED) is 0.783. The van der Waals surface area contributed by atoms with Gasteiger partial charge in [-0.3, -0.25) is 4.79 Å². The lowest BCUT2D eigenvalue weighted by Crippen LogP contribution is -2.33.